The van der Waals surface area contributed by atoms with Gasteiger partial charge in [-0.25, -0.2) is 4.68 Å². The van der Waals surface area contributed by atoms with Crippen LogP contribution in [-0.2, 0) is 20.3 Å². The lowest BCUT2D eigenvalue weighted by Crippen LogP contribution is -2.37. The van der Waals surface area contributed by atoms with Gasteiger partial charge in [0.15, 0.2) is 4.77 Å². The lowest BCUT2D eigenvalue weighted by molar-refractivity contribution is 0.144. The second-order valence-electron chi connectivity index (χ2n) is 5.25. The van der Waals surface area contributed by atoms with E-state index in [1.807, 2.05) is 46.4 Å². The summed E-state index contributed by atoms with van der Waals surface area (Å²) in [5.41, 5.74) is 1.09. The first kappa shape index (κ1) is 14.7. The molecule has 1 aliphatic heterocycles. The molecule has 1 fully saturated rings. The molecule has 0 aromatic carbocycles. The molecule has 5 nitrogen and oxygen atoms in total. The van der Waals surface area contributed by atoms with E-state index in [1.54, 1.807) is 6.33 Å². The molecule has 3 rings (SSSR count). The van der Waals surface area contributed by atoms with Crippen molar-refractivity contribution in [1.82, 2.24) is 24.2 Å². The van der Waals surface area contributed by atoms with Gasteiger partial charge in [0.25, 0.3) is 0 Å². The summed E-state index contributed by atoms with van der Waals surface area (Å²) in [6.07, 6.45) is 4.84. The van der Waals surface area contributed by atoms with Crippen LogP contribution in [0.2, 0.25) is 0 Å². The van der Waals surface area contributed by atoms with Crippen molar-refractivity contribution in [1.29, 1.82) is 0 Å². The largest absolute Gasteiger partial charge is 0.310 e. The molecule has 0 amide bonds. The van der Waals surface area contributed by atoms with Gasteiger partial charge in [-0.15, -0.1) is 0 Å². The number of aryl methyl sites for hydroxylation is 1. The summed E-state index contributed by atoms with van der Waals surface area (Å²) in [5.74, 6) is 2.41. The van der Waals surface area contributed by atoms with Crippen molar-refractivity contribution in [2.24, 2.45) is 7.05 Å². The van der Waals surface area contributed by atoms with Gasteiger partial charge in [-0.05, 0) is 36.5 Å². The first-order valence-electron chi connectivity index (χ1n) is 7.04. The van der Waals surface area contributed by atoms with Crippen LogP contribution in [0, 0.1) is 4.77 Å². The van der Waals surface area contributed by atoms with Gasteiger partial charge in [0, 0.05) is 31.6 Å². The van der Waals surface area contributed by atoms with Crippen molar-refractivity contribution in [2.45, 2.75) is 25.7 Å². The molecule has 1 saturated heterocycles. The Morgan fingerprint density at radius 1 is 1.48 bits per heavy atom. The second-order valence-corrected chi connectivity index (χ2v) is 6.77. The minimum Gasteiger partial charge on any atom is -0.310 e. The van der Waals surface area contributed by atoms with Crippen molar-refractivity contribution in [3.63, 3.8) is 0 Å². The van der Waals surface area contributed by atoms with Crippen LogP contribution in [-0.4, -0.2) is 41.8 Å². The maximum absolute atomic E-state index is 5.40. The van der Waals surface area contributed by atoms with Gasteiger partial charge >= 0.3 is 0 Å². The summed E-state index contributed by atoms with van der Waals surface area (Å²) in [4.78, 5) is 6.89. The van der Waals surface area contributed by atoms with Crippen molar-refractivity contribution < 1.29 is 0 Å². The fraction of sp³-hybridized carbons (Fsp3) is 0.500. The van der Waals surface area contributed by atoms with Crippen LogP contribution in [0.15, 0.2) is 30.7 Å². The molecule has 3 heterocycles. The van der Waals surface area contributed by atoms with Crippen LogP contribution in [0.25, 0.3) is 0 Å². The Hall–Kier alpha value is -1.18. The monoisotopic (exact) mass is 321 g/mol. The van der Waals surface area contributed by atoms with E-state index in [9.17, 15) is 0 Å². The summed E-state index contributed by atoms with van der Waals surface area (Å²) in [7, 11) is 1.93. The van der Waals surface area contributed by atoms with Crippen LogP contribution in [0.1, 0.15) is 12.1 Å². The van der Waals surface area contributed by atoms with E-state index < -0.39 is 0 Å². The number of pyridine rings is 1. The molecule has 1 atom stereocenters. The zero-order valence-corrected chi connectivity index (χ0v) is 13.7. The fourth-order valence-electron chi connectivity index (χ4n) is 2.49. The van der Waals surface area contributed by atoms with Gasteiger partial charge in [-0.1, -0.05) is 6.07 Å². The van der Waals surface area contributed by atoms with Crippen molar-refractivity contribution in [3.8, 4) is 0 Å². The lowest BCUT2D eigenvalue weighted by Gasteiger charge is -2.27. The van der Waals surface area contributed by atoms with Crippen LogP contribution >= 0.6 is 24.0 Å². The van der Waals surface area contributed by atoms with Gasteiger partial charge in [-0.2, -0.15) is 16.9 Å². The summed E-state index contributed by atoms with van der Waals surface area (Å²) in [6, 6.07) is 6.64. The van der Waals surface area contributed by atoms with Gasteiger partial charge in [0.2, 0.25) is 0 Å². The Bertz CT molecular complexity index is 630. The molecule has 2 aromatic rings. The minimum absolute atomic E-state index is 0.570. The number of rotatable bonds is 5. The number of thioether (sulfide) groups is 1. The maximum atomic E-state index is 5.40. The summed E-state index contributed by atoms with van der Waals surface area (Å²) >= 11 is 7.42. The highest BCUT2D eigenvalue weighted by atomic mass is 32.2. The summed E-state index contributed by atoms with van der Waals surface area (Å²) in [5, 5.41) is 4.37. The Kier molecular flexibility index (Phi) is 4.72. The molecule has 0 N–H and O–H groups in total. The highest BCUT2D eigenvalue weighted by Gasteiger charge is 2.24. The van der Waals surface area contributed by atoms with Crippen molar-refractivity contribution in [2.75, 3.05) is 11.5 Å². The molecule has 7 heteroatoms. The molecule has 21 heavy (non-hydrogen) atoms. The number of hydrogen-bond acceptors (Lipinski definition) is 5. The van der Waals surface area contributed by atoms with Gasteiger partial charge in [-0.3, -0.25) is 9.88 Å². The molecule has 2 aromatic heterocycles. The van der Waals surface area contributed by atoms with E-state index in [2.05, 4.69) is 21.0 Å². The number of nitrogens with zero attached hydrogens (tertiary/aromatic N) is 5. The van der Waals surface area contributed by atoms with Crippen LogP contribution in [0.3, 0.4) is 0 Å². The molecular formula is C14H19N5S2. The highest BCUT2D eigenvalue weighted by Crippen LogP contribution is 2.24. The van der Waals surface area contributed by atoms with Crippen LogP contribution < -0.4 is 0 Å². The van der Waals surface area contributed by atoms with Gasteiger partial charge in [0.05, 0.1) is 12.4 Å². The predicted octanol–water partition coefficient (Wildman–Crippen LogP) is 2.31. The van der Waals surface area contributed by atoms with E-state index in [1.165, 1.54) is 17.9 Å². The minimum atomic E-state index is 0.570. The Morgan fingerprint density at radius 3 is 3.00 bits per heavy atom. The van der Waals surface area contributed by atoms with Gasteiger partial charge in [0.1, 0.15) is 6.33 Å². The fourth-order valence-corrected chi connectivity index (χ4v) is 3.90. The third-order valence-electron chi connectivity index (χ3n) is 3.72. The zero-order valence-electron chi connectivity index (χ0n) is 12.1. The van der Waals surface area contributed by atoms with E-state index >= 15 is 0 Å². The standard InChI is InChI=1S/C14H19N5S2/c1-17-10-16-19(14(17)20)11-18(13-5-7-21-9-13)8-12-4-2-3-6-15-12/h2-4,6,10,13H,5,7-9,11H2,1H3/t13-/m0/s1. The third-order valence-corrected chi connectivity index (χ3v) is 5.36. The molecule has 0 saturated carbocycles. The number of hydrogen-bond donors (Lipinski definition) is 0. The SMILES string of the molecule is Cn1cnn(CN(Cc2ccccn2)[C@H]2CCSC2)c1=S. The van der Waals surface area contributed by atoms with Crippen molar-refractivity contribution >= 4 is 24.0 Å². The van der Waals surface area contributed by atoms with Crippen LogP contribution in [0.5, 0.6) is 0 Å². The molecule has 0 bridgehead atoms. The summed E-state index contributed by atoms with van der Waals surface area (Å²) < 4.78 is 4.52. The first-order valence-corrected chi connectivity index (χ1v) is 8.60. The third kappa shape index (κ3) is 3.53. The quantitative estimate of drug-likeness (QED) is 0.790. The number of aromatic nitrogens is 4. The molecular weight excluding hydrogens is 302 g/mol. The smallest absolute Gasteiger partial charge is 0.198 e. The molecule has 0 aliphatic carbocycles. The zero-order chi connectivity index (χ0) is 14.7. The molecule has 1 aliphatic rings. The lowest BCUT2D eigenvalue weighted by atomic mass is 10.2. The molecule has 0 unspecified atom stereocenters. The Morgan fingerprint density at radius 2 is 2.38 bits per heavy atom. The topological polar surface area (TPSA) is 38.9 Å². The Labute approximate surface area is 134 Å². The van der Waals surface area contributed by atoms with E-state index in [0.29, 0.717) is 6.04 Å². The van der Waals surface area contributed by atoms with Gasteiger partial charge < -0.3 is 4.57 Å². The molecule has 0 spiro atoms. The average molecular weight is 321 g/mol. The van der Waals surface area contributed by atoms with E-state index in [-0.39, 0.29) is 0 Å². The van der Waals surface area contributed by atoms with Crippen molar-refractivity contribution in [3.05, 3.63) is 41.2 Å². The predicted molar refractivity (Wildman–Crippen MR) is 87.5 cm³/mol. The normalized spacial score (nSPS) is 18.5. The highest BCUT2D eigenvalue weighted by molar-refractivity contribution is 7.99. The van der Waals surface area contributed by atoms with E-state index in [4.69, 9.17) is 12.2 Å². The summed E-state index contributed by atoms with van der Waals surface area (Å²) in [6.45, 7) is 1.56. The second kappa shape index (κ2) is 6.72. The van der Waals surface area contributed by atoms with Crippen LogP contribution in [0.4, 0.5) is 0 Å². The molecule has 0 radical (unpaired) electrons. The van der Waals surface area contributed by atoms with E-state index in [0.717, 1.165) is 23.7 Å². The maximum Gasteiger partial charge on any atom is 0.198 e. The average Bonchev–Trinajstić information content (AvgIpc) is 3.13. The molecule has 112 valence electrons. The Balaban J connectivity index is 1.79. The first-order chi connectivity index (χ1) is 10.2.